The van der Waals surface area contributed by atoms with E-state index in [4.69, 9.17) is 14.6 Å². The van der Waals surface area contributed by atoms with Gasteiger partial charge in [-0.25, -0.2) is 9.18 Å². The van der Waals surface area contributed by atoms with E-state index in [1.54, 1.807) is 6.07 Å². The number of carbonyl (C=O) groups is 4. The third-order valence-corrected chi connectivity index (χ3v) is 6.42. The summed E-state index contributed by atoms with van der Waals surface area (Å²) in [6.07, 6.45) is 0.0970. The fraction of sp³-hybridized carbons (Fsp3) is 0.500. The molecule has 10 nitrogen and oxygen atoms in total. The summed E-state index contributed by atoms with van der Waals surface area (Å²) in [5, 5.41) is 11.3. The van der Waals surface area contributed by atoms with Gasteiger partial charge in [-0.2, -0.15) is 0 Å². The fourth-order valence-electron chi connectivity index (χ4n) is 4.67. The Kier molecular flexibility index (Phi) is 4.31. The second kappa shape index (κ2) is 6.82. The van der Waals surface area contributed by atoms with E-state index in [-0.39, 0.29) is 56.1 Å². The van der Waals surface area contributed by atoms with Crippen molar-refractivity contribution in [1.82, 2.24) is 15.1 Å². The van der Waals surface area contributed by atoms with Gasteiger partial charge in [0.15, 0.2) is 17.3 Å². The van der Waals surface area contributed by atoms with Crippen LogP contribution in [0.2, 0.25) is 0 Å². The zero-order chi connectivity index (χ0) is 21.9. The van der Waals surface area contributed by atoms with Crippen molar-refractivity contribution in [3.8, 4) is 11.5 Å². The highest BCUT2D eigenvalue weighted by molar-refractivity contribution is 6.05. The van der Waals surface area contributed by atoms with Gasteiger partial charge in [0.1, 0.15) is 18.2 Å². The molecule has 31 heavy (non-hydrogen) atoms. The molecule has 1 aromatic carbocycles. The van der Waals surface area contributed by atoms with Gasteiger partial charge in [0.05, 0.1) is 5.56 Å². The van der Waals surface area contributed by atoms with Crippen LogP contribution in [0, 0.1) is 5.82 Å². The Balaban J connectivity index is 1.40. The normalized spacial score (nSPS) is 24.3. The molecule has 2 N–H and O–H groups in total. The number of halogens is 1. The van der Waals surface area contributed by atoms with E-state index in [1.165, 1.54) is 9.80 Å². The lowest BCUT2D eigenvalue weighted by Crippen LogP contribution is -2.54. The van der Waals surface area contributed by atoms with E-state index in [2.05, 4.69) is 5.32 Å². The number of rotatable bonds is 1. The van der Waals surface area contributed by atoms with Crippen molar-refractivity contribution < 1.29 is 38.1 Å². The molecule has 0 unspecified atom stereocenters. The van der Waals surface area contributed by atoms with Crippen LogP contribution in [0.5, 0.6) is 11.5 Å². The average Bonchev–Trinajstić information content (AvgIpc) is 3.04. The van der Waals surface area contributed by atoms with Gasteiger partial charge in [-0.05, 0) is 18.1 Å². The molecule has 1 spiro atoms. The summed E-state index contributed by atoms with van der Waals surface area (Å²) >= 11 is 0. The molecule has 1 aromatic rings. The number of hydrogen-bond donors (Lipinski definition) is 2. The molecule has 0 radical (unpaired) electrons. The van der Waals surface area contributed by atoms with Crippen LogP contribution in [0.4, 0.5) is 9.18 Å². The number of fused-ring (bicyclic) bond motifs is 2. The van der Waals surface area contributed by atoms with Gasteiger partial charge in [0.25, 0.3) is 5.91 Å². The molecule has 4 amide bonds. The Hall–Kier alpha value is -3.37. The number of carboxylic acid groups (broad SMARTS) is 1. The highest BCUT2D eigenvalue weighted by atomic mass is 19.1. The zero-order valence-electron chi connectivity index (χ0n) is 16.5. The van der Waals surface area contributed by atoms with Crippen molar-refractivity contribution in [2.24, 2.45) is 0 Å². The average molecular weight is 433 g/mol. The van der Waals surface area contributed by atoms with Gasteiger partial charge in [-0.3, -0.25) is 19.7 Å². The van der Waals surface area contributed by atoms with Crippen LogP contribution in [-0.2, 0) is 16.1 Å². The summed E-state index contributed by atoms with van der Waals surface area (Å²) in [7, 11) is 0. The molecule has 5 rings (SSSR count). The Morgan fingerprint density at radius 3 is 2.68 bits per heavy atom. The topological polar surface area (TPSA) is 125 Å². The van der Waals surface area contributed by atoms with E-state index < -0.39 is 41.3 Å². The van der Waals surface area contributed by atoms with Gasteiger partial charge in [-0.1, -0.05) is 0 Å². The zero-order valence-corrected chi connectivity index (χ0v) is 16.5. The summed E-state index contributed by atoms with van der Waals surface area (Å²) in [5.41, 5.74) is -0.524. The maximum absolute atomic E-state index is 15.2. The number of amides is 4. The third kappa shape index (κ3) is 3.06. The minimum atomic E-state index is -0.997. The van der Waals surface area contributed by atoms with Gasteiger partial charge < -0.3 is 24.4 Å². The Morgan fingerprint density at radius 2 is 2.00 bits per heavy atom. The molecule has 0 bridgehead atoms. The minimum Gasteiger partial charge on any atom is -0.483 e. The SMILES string of the molecule is O=C1CC[C@H](N2Cc3cc4c(c(F)c3C2=O)OCC2(CCN(C(=O)O)CC2)O4)C(=O)N1. The minimum absolute atomic E-state index is 0.0216. The van der Waals surface area contributed by atoms with Crippen molar-refractivity contribution in [1.29, 1.82) is 0 Å². The Morgan fingerprint density at radius 1 is 1.26 bits per heavy atom. The van der Waals surface area contributed by atoms with Crippen LogP contribution < -0.4 is 14.8 Å². The van der Waals surface area contributed by atoms with E-state index in [1.807, 2.05) is 0 Å². The molecule has 164 valence electrons. The molecule has 4 aliphatic heterocycles. The van der Waals surface area contributed by atoms with Crippen LogP contribution in [0.1, 0.15) is 41.6 Å². The molecule has 1 atom stereocenters. The first-order valence-electron chi connectivity index (χ1n) is 10.1. The summed E-state index contributed by atoms with van der Waals surface area (Å²) in [4.78, 5) is 50.2. The highest BCUT2D eigenvalue weighted by Gasteiger charge is 2.46. The lowest BCUT2D eigenvalue weighted by Gasteiger charge is -2.43. The number of ether oxygens (including phenoxy) is 2. The molecular formula is C20H20FN3O7. The predicted molar refractivity (Wildman–Crippen MR) is 100 cm³/mol. The van der Waals surface area contributed by atoms with Gasteiger partial charge in [0, 0.05) is 38.9 Å². The largest absolute Gasteiger partial charge is 0.483 e. The Bertz CT molecular complexity index is 1020. The first-order valence-corrected chi connectivity index (χ1v) is 10.1. The molecule has 4 heterocycles. The van der Waals surface area contributed by atoms with Gasteiger partial charge in [0.2, 0.25) is 11.8 Å². The number of piperidine rings is 2. The lowest BCUT2D eigenvalue weighted by atomic mass is 9.91. The first kappa shape index (κ1) is 19.6. The predicted octanol–water partition coefficient (Wildman–Crippen LogP) is 0.871. The Labute approximate surface area is 175 Å². The molecule has 4 aliphatic rings. The first-order chi connectivity index (χ1) is 14.8. The maximum atomic E-state index is 15.2. The van der Waals surface area contributed by atoms with Crippen LogP contribution in [0.25, 0.3) is 0 Å². The summed E-state index contributed by atoms with van der Waals surface area (Å²) in [6, 6.07) is 0.713. The lowest BCUT2D eigenvalue weighted by molar-refractivity contribution is -0.136. The van der Waals surface area contributed by atoms with Gasteiger partial charge in [-0.15, -0.1) is 0 Å². The standard InChI is InChI=1S/C20H20FN3O7/c21-15-14-10(8-24(18(14)27)11-1-2-13(25)22-17(11)26)7-12-16(15)30-9-20(31-12)3-5-23(6-4-20)19(28)29/h7,11H,1-6,8-9H2,(H,28,29)(H,22,25,26)/t11-/m0/s1. The van der Waals surface area contributed by atoms with Crippen molar-refractivity contribution in [2.45, 2.75) is 43.9 Å². The number of benzene rings is 1. The summed E-state index contributed by atoms with van der Waals surface area (Å²) < 4.78 is 27.0. The second-order valence-electron chi connectivity index (χ2n) is 8.30. The molecule has 0 saturated carbocycles. The van der Waals surface area contributed by atoms with Crippen molar-refractivity contribution in [3.05, 3.63) is 23.0 Å². The van der Waals surface area contributed by atoms with Crippen molar-refractivity contribution in [2.75, 3.05) is 19.7 Å². The third-order valence-electron chi connectivity index (χ3n) is 6.42. The molecule has 0 aliphatic carbocycles. The summed E-state index contributed by atoms with van der Waals surface area (Å²) in [6.45, 7) is 0.633. The number of nitrogens with zero attached hydrogens (tertiary/aromatic N) is 2. The van der Waals surface area contributed by atoms with Crippen molar-refractivity contribution >= 4 is 23.8 Å². The van der Waals surface area contributed by atoms with Gasteiger partial charge >= 0.3 is 6.09 Å². The van der Waals surface area contributed by atoms with E-state index in [0.717, 1.165) is 0 Å². The number of hydrogen-bond acceptors (Lipinski definition) is 6. The van der Waals surface area contributed by atoms with Crippen LogP contribution in [-0.4, -0.2) is 70.1 Å². The molecular weight excluding hydrogens is 413 g/mol. The number of imide groups is 1. The molecule has 2 saturated heterocycles. The fourth-order valence-corrected chi connectivity index (χ4v) is 4.67. The number of carbonyl (C=O) groups excluding carboxylic acids is 3. The smallest absolute Gasteiger partial charge is 0.407 e. The van der Waals surface area contributed by atoms with Crippen LogP contribution >= 0.6 is 0 Å². The molecule has 11 heteroatoms. The molecule has 0 aromatic heterocycles. The van der Waals surface area contributed by atoms with Crippen LogP contribution in [0.15, 0.2) is 6.07 Å². The van der Waals surface area contributed by atoms with E-state index in [0.29, 0.717) is 18.4 Å². The number of likely N-dealkylation sites (tertiary alicyclic amines) is 1. The van der Waals surface area contributed by atoms with E-state index >= 15 is 4.39 Å². The number of nitrogens with one attached hydrogen (secondary N) is 1. The van der Waals surface area contributed by atoms with E-state index in [9.17, 15) is 19.2 Å². The van der Waals surface area contributed by atoms with Crippen LogP contribution in [0.3, 0.4) is 0 Å². The molecule has 2 fully saturated rings. The summed E-state index contributed by atoms with van der Waals surface area (Å²) in [5.74, 6) is -2.39. The second-order valence-corrected chi connectivity index (χ2v) is 8.30. The van der Waals surface area contributed by atoms with Crippen molar-refractivity contribution in [3.63, 3.8) is 0 Å². The highest BCUT2D eigenvalue weighted by Crippen LogP contribution is 2.45. The quantitative estimate of drug-likeness (QED) is 0.630. The monoisotopic (exact) mass is 433 g/mol. The maximum Gasteiger partial charge on any atom is 0.407 e.